The molecule has 0 N–H and O–H groups in total. The normalized spacial score (nSPS) is 11.1. The van der Waals surface area contributed by atoms with Crippen molar-refractivity contribution < 1.29 is 25.5 Å². The molecule has 3 heterocycles. The Morgan fingerprint density at radius 3 is 2.50 bits per heavy atom. The van der Waals surface area contributed by atoms with E-state index in [2.05, 4.69) is 36.1 Å². The fraction of sp³-hybridized carbons (Fsp3) is 0.136. The van der Waals surface area contributed by atoms with E-state index in [9.17, 15) is 4.39 Å². The number of aromatic nitrogens is 4. The molecule has 0 bridgehead atoms. The van der Waals surface area contributed by atoms with Gasteiger partial charge in [-0.2, -0.15) is 11.2 Å². The molecule has 1 aromatic carbocycles. The van der Waals surface area contributed by atoms with Crippen LogP contribution in [0, 0.1) is 18.1 Å². The Morgan fingerprint density at radius 2 is 1.75 bits per heavy atom. The second-order valence-corrected chi connectivity index (χ2v) is 6.69. The first kappa shape index (κ1) is 20.1. The fourth-order valence-electron chi connectivity index (χ4n) is 2.86. The molecule has 0 spiro atoms. The summed E-state index contributed by atoms with van der Waals surface area (Å²) in [5, 5.41) is 4.58. The van der Waals surface area contributed by atoms with Crippen LogP contribution in [0.2, 0.25) is 0 Å². The molecule has 0 aliphatic rings. The van der Waals surface area contributed by atoms with E-state index in [1.54, 1.807) is 6.20 Å². The minimum absolute atomic E-state index is 0. The zero-order valence-corrected chi connectivity index (χ0v) is 17.6. The van der Waals surface area contributed by atoms with Crippen molar-refractivity contribution in [2.75, 3.05) is 0 Å². The summed E-state index contributed by atoms with van der Waals surface area (Å²) in [6, 6.07) is 24.4. The molecule has 0 fully saturated rings. The van der Waals surface area contributed by atoms with Crippen LogP contribution in [0.25, 0.3) is 17.1 Å². The molecule has 3 aromatic heterocycles. The van der Waals surface area contributed by atoms with E-state index in [1.165, 1.54) is 16.8 Å². The van der Waals surface area contributed by atoms with E-state index in [0.29, 0.717) is 5.82 Å². The molecular weight excluding hydrogens is 534 g/mol. The second kappa shape index (κ2) is 8.15. The van der Waals surface area contributed by atoms with Crippen LogP contribution in [0.5, 0.6) is 0 Å². The molecule has 0 saturated heterocycles. The van der Waals surface area contributed by atoms with Gasteiger partial charge in [0, 0.05) is 11.9 Å². The molecule has 4 rings (SSSR count). The quantitative estimate of drug-likeness (QED) is 0.279. The standard InChI is InChI=1S/C22H17FN4.Pt/c1-22(2,18-11-6-10-17(24-18)16-8-4-3-5-9-16)19-14-15-27(26-19)21-13-7-12-20(23)25-21;/h3-8,10-12,14-15H,1-2H3;/q-2;+2. The molecule has 0 aliphatic heterocycles. The van der Waals surface area contributed by atoms with Gasteiger partial charge in [0.15, 0.2) is 0 Å². The second-order valence-electron chi connectivity index (χ2n) is 6.69. The van der Waals surface area contributed by atoms with E-state index in [0.717, 1.165) is 22.6 Å². The van der Waals surface area contributed by atoms with Crippen molar-refractivity contribution in [1.29, 1.82) is 0 Å². The summed E-state index contributed by atoms with van der Waals surface area (Å²) in [6.07, 6.45) is 1.75. The molecule has 4 aromatic rings. The summed E-state index contributed by atoms with van der Waals surface area (Å²) < 4.78 is 14.9. The van der Waals surface area contributed by atoms with Crippen molar-refractivity contribution >= 4 is 0 Å². The molecule has 0 aliphatic carbocycles. The van der Waals surface area contributed by atoms with Gasteiger partial charge in [0.25, 0.3) is 0 Å². The number of rotatable bonds is 4. The SMILES string of the molecule is CC(C)(c1cccc(-c2[c-]cccc2)n1)c1ccn(-c2[c-]ccc(F)n2)n1.[Pt+2]. The number of pyridine rings is 2. The third-order valence-corrected chi connectivity index (χ3v) is 4.47. The van der Waals surface area contributed by atoms with Crippen molar-refractivity contribution in [3.8, 4) is 17.1 Å². The summed E-state index contributed by atoms with van der Waals surface area (Å²) in [5.74, 6) is -0.244. The molecule has 6 heteroatoms. The molecule has 0 radical (unpaired) electrons. The predicted molar refractivity (Wildman–Crippen MR) is 101 cm³/mol. The van der Waals surface area contributed by atoms with Crippen molar-refractivity contribution in [2.24, 2.45) is 0 Å². The van der Waals surface area contributed by atoms with Gasteiger partial charge in [-0.25, -0.2) is 26.2 Å². The Hall–Kier alpha value is -2.65. The van der Waals surface area contributed by atoms with Crippen LogP contribution in [0.4, 0.5) is 4.39 Å². The maximum atomic E-state index is 13.4. The van der Waals surface area contributed by atoms with Gasteiger partial charge in [0.05, 0.1) is 16.9 Å². The van der Waals surface area contributed by atoms with Gasteiger partial charge in [-0.05, 0) is 31.7 Å². The van der Waals surface area contributed by atoms with Crippen molar-refractivity contribution in [2.45, 2.75) is 19.3 Å². The molecular formula is C22H17FN4Pt. The molecule has 4 nitrogen and oxygen atoms in total. The van der Waals surface area contributed by atoms with Crippen molar-refractivity contribution in [3.63, 3.8) is 0 Å². The van der Waals surface area contributed by atoms with E-state index in [4.69, 9.17) is 4.98 Å². The first-order chi connectivity index (χ1) is 13.0. The maximum Gasteiger partial charge on any atom is 2.00 e. The third-order valence-electron chi connectivity index (χ3n) is 4.47. The van der Waals surface area contributed by atoms with Gasteiger partial charge in [-0.3, -0.25) is 0 Å². The summed E-state index contributed by atoms with van der Waals surface area (Å²) in [4.78, 5) is 8.65. The van der Waals surface area contributed by atoms with Crippen LogP contribution >= 0.6 is 0 Å². The van der Waals surface area contributed by atoms with Crippen LogP contribution in [0.15, 0.2) is 66.9 Å². The van der Waals surface area contributed by atoms with Gasteiger partial charge in [-0.15, -0.1) is 35.9 Å². The van der Waals surface area contributed by atoms with Crippen LogP contribution in [-0.4, -0.2) is 19.7 Å². The Bertz CT molecular complexity index is 1080. The first-order valence-corrected chi connectivity index (χ1v) is 8.59. The fourth-order valence-corrected chi connectivity index (χ4v) is 2.86. The monoisotopic (exact) mass is 551 g/mol. The zero-order valence-electron chi connectivity index (χ0n) is 15.3. The smallest absolute Gasteiger partial charge is 0.300 e. The Labute approximate surface area is 177 Å². The number of nitrogens with zero attached hydrogens (tertiary/aromatic N) is 4. The van der Waals surface area contributed by atoms with E-state index < -0.39 is 11.4 Å². The summed E-state index contributed by atoms with van der Waals surface area (Å²) in [6.45, 7) is 4.12. The van der Waals surface area contributed by atoms with Gasteiger partial charge in [-0.1, -0.05) is 12.1 Å². The van der Waals surface area contributed by atoms with Crippen LogP contribution in [0.3, 0.4) is 0 Å². The van der Waals surface area contributed by atoms with E-state index >= 15 is 0 Å². The number of hydrogen-bond donors (Lipinski definition) is 0. The van der Waals surface area contributed by atoms with Gasteiger partial charge in [0.1, 0.15) is 5.95 Å². The van der Waals surface area contributed by atoms with E-state index in [1.807, 2.05) is 48.5 Å². The van der Waals surface area contributed by atoms with Gasteiger partial charge < -0.3 is 4.98 Å². The maximum absolute atomic E-state index is 13.4. The van der Waals surface area contributed by atoms with Crippen molar-refractivity contribution in [3.05, 3.63) is 96.3 Å². The van der Waals surface area contributed by atoms with Gasteiger partial charge >= 0.3 is 21.1 Å². The molecule has 0 atom stereocenters. The average molecular weight is 551 g/mol. The topological polar surface area (TPSA) is 43.6 Å². The average Bonchev–Trinajstić information content (AvgIpc) is 3.20. The van der Waals surface area contributed by atoms with Crippen LogP contribution in [0.1, 0.15) is 25.2 Å². The van der Waals surface area contributed by atoms with Crippen molar-refractivity contribution in [1.82, 2.24) is 19.7 Å². The van der Waals surface area contributed by atoms with Gasteiger partial charge in [0.2, 0.25) is 0 Å². The number of benzene rings is 1. The molecule has 142 valence electrons. The van der Waals surface area contributed by atoms with Crippen LogP contribution in [-0.2, 0) is 26.5 Å². The molecule has 28 heavy (non-hydrogen) atoms. The Morgan fingerprint density at radius 1 is 0.893 bits per heavy atom. The third kappa shape index (κ3) is 3.95. The summed E-state index contributed by atoms with van der Waals surface area (Å²) in [5.41, 5.74) is 3.06. The molecule has 0 unspecified atom stereocenters. The minimum Gasteiger partial charge on any atom is -0.300 e. The molecule has 0 amide bonds. The first-order valence-electron chi connectivity index (χ1n) is 8.59. The minimum atomic E-state index is -0.562. The number of halogens is 1. The summed E-state index contributed by atoms with van der Waals surface area (Å²) in [7, 11) is 0. The Kier molecular flexibility index (Phi) is 5.85. The Balaban J connectivity index is 0.00000225. The summed E-state index contributed by atoms with van der Waals surface area (Å²) >= 11 is 0. The van der Waals surface area contributed by atoms with Crippen LogP contribution < -0.4 is 0 Å². The largest absolute Gasteiger partial charge is 2.00 e. The predicted octanol–water partition coefficient (Wildman–Crippen LogP) is 4.39. The number of hydrogen-bond acceptors (Lipinski definition) is 3. The zero-order chi connectivity index (χ0) is 18.9. The van der Waals surface area contributed by atoms with E-state index in [-0.39, 0.29) is 21.1 Å². The molecule has 0 saturated carbocycles.